The second kappa shape index (κ2) is 10.4. The van der Waals surface area contributed by atoms with Crippen LogP contribution in [0.25, 0.3) is 16.2 Å². The zero-order valence-electron chi connectivity index (χ0n) is 19.4. The first-order valence-electron chi connectivity index (χ1n) is 11.9. The van der Waals surface area contributed by atoms with Gasteiger partial charge >= 0.3 is 6.03 Å². The van der Waals surface area contributed by atoms with Crippen LogP contribution in [0, 0.1) is 6.92 Å². The van der Waals surface area contributed by atoms with E-state index in [1.54, 1.807) is 11.3 Å². The van der Waals surface area contributed by atoms with Gasteiger partial charge in [0.2, 0.25) is 0 Å². The zero-order valence-corrected chi connectivity index (χ0v) is 20.3. The summed E-state index contributed by atoms with van der Waals surface area (Å²) in [4.78, 5) is 20.8. The third-order valence-corrected chi connectivity index (χ3v) is 7.18. The number of carbonyl (C=O) groups is 1. The van der Waals surface area contributed by atoms with Crippen LogP contribution in [0.4, 0.5) is 4.79 Å². The number of fused-ring (bicyclic) bond motifs is 1. The summed E-state index contributed by atoms with van der Waals surface area (Å²) >= 11 is 1.64. The molecule has 1 saturated heterocycles. The maximum Gasteiger partial charge on any atom is 0.317 e. The second-order valence-corrected chi connectivity index (χ2v) is 9.68. The molecule has 0 radical (unpaired) electrons. The van der Waals surface area contributed by atoms with Crippen LogP contribution in [0.5, 0.6) is 0 Å². The molecule has 5 rings (SSSR count). The molecule has 1 N–H and O–H groups in total. The maximum atomic E-state index is 13.1. The summed E-state index contributed by atoms with van der Waals surface area (Å²) in [5, 5.41) is 5.23. The molecule has 2 aromatic heterocycles. The van der Waals surface area contributed by atoms with E-state index < -0.39 is 0 Å². The van der Waals surface area contributed by atoms with Gasteiger partial charge in [-0.15, -0.1) is 11.3 Å². The van der Waals surface area contributed by atoms with E-state index in [4.69, 9.17) is 9.72 Å². The first-order valence-corrected chi connectivity index (χ1v) is 12.7. The third kappa shape index (κ3) is 5.32. The number of imidazole rings is 1. The molecule has 3 heterocycles. The Morgan fingerprint density at radius 3 is 2.79 bits per heavy atom. The molecular formula is C27H30N4O2S. The Bertz CT molecular complexity index is 1230. The number of hydrogen-bond donors (Lipinski definition) is 1. The first kappa shape index (κ1) is 22.6. The molecule has 1 aliphatic heterocycles. The summed E-state index contributed by atoms with van der Waals surface area (Å²) in [5.74, 6) is 0. The molecule has 176 valence electrons. The summed E-state index contributed by atoms with van der Waals surface area (Å²) in [6.45, 7) is 4.64. The van der Waals surface area contributed by atoms with E-state index in [1.807, 2.05) is 35.2 Å². The van der Waals surface area contributed by atoms with E-state index in [0.29, 0.717) is 19.6 Å². The summed E-state index contributed by atoms with van der Waals surface area (Å²) in [6.07, 6.45) is 5.05. The summed E-state index contributed by atoms with van der Waals surface area (Å²) in [5.41, 5.74) is 5.59. The highest BCUT2D eigenvalue weighted by Crippen LogP contribution is 2.24. The average molecular weight is 475 g/mol. The minimum absolute atomic E-state index is 0.0446. The van der Waals surface area contributed by atoms with Crippen LogP contribution in [-0.2, 0) is 17.7 Å². The smallest absolute Gasteiger partial charge is 0.317 e. The van der Waals surface area contributed by atoms with E-state index in [9.17, 15) is 4.79 Å². The van der Waals surface area contributed by atoms with E-state index in [0.717, 1.165) is 47.7 Å². The topological polar surface area (TPSA) is 58.9 Å². The van der Waals surface area contributed by atoms with Gasteiger partial charge in [0.25, 0.3) is 0 Å². The van der Waals surface area contributed by atoms with Gasteiger partial charge in [-0.3, -0.25) is 4.40 Å². The number of urea groups is 1. The highest BCUT2D eigenvalue weighted by molar-refractivity contribution is 7.15. The maximum absolute atomic E-state index is 13.1. The fourth-order valence-electron chi connectivity index (χ4n) is 4.32. The highest BCUT2D eigenvalue weighted by atomic mass is 32.1. The predicted molar refractivity (Wildman–Crippen MR) is 136 cm³/mol. The highest BCUT2D eigenvalue weighted by Gasteiger charge is 2.23. The second-order valence-electron chi connectivity index (χ2n) is 8.85. The fourth-order valence-corrected chi connectivity index (χ4v) is 5.22. The number of ether oxygens (including phenoxy) is 1. The lowest BCUT2D eigenvalue weighted by molar-refractivity contribution is 0.0814. The Morgan fingerprint density at radius 1 is 1.21 bits per heavy atom. The van der Waals surface area contributed by atoms with Gasteiger partial charge < -0.3 is 15.0 Å². The van der Waals surface area contributed by atoms with Crippen LogP contribution in [0.3, 0.4) is 0 Å². The zero-order chi connectivity index (χ0) is 23.3. The van der Waals surface area contributed by atoms with Crippen LogP contribution in [-0.4, -0.2) is 46.1 Å². The molecule has 7 heteroatoms. The van der Waals surface area contributed by atoms with Gasteiger partial charge in [-0.05, 0) is 25.3 Å². The van der Waals surface area contributed by atoms with Crippen molar-refractivity contribution in [2.24, 2.45) is 0 Å². The number of amides is 2. The molecule has 1 fully saturated rings. The van der Waals surface area contributed by atoms with Crippen molar-refractivity contribution in [3.63, 3.8) is 0 Å². The minimum Gasteiger partial charge on any atom is -0.376 e. The van der Waals surface area contributed by atoms with Gasteiger partial charge in [0, 0.05) is 55.5 Å². The van der Waals surface area contributed by atoms with Crippen molar-refractivity contribution < 1.29 is 9.53 Å². The largest absolute Gasteiger partial charge is 0.376 e. The van der Waals surface area contributed by atoms with E-state index >= 15 is 0 Å². The van der Waals surface area contributed by atoms with Crippen molar-refractivity contribution in [1.29, 1.82) is 0 Å². The minimum atomic E-state index is -0.0446. The number of thiazole rings is 1. The average Bonchev–Trinajstić information content (AvgIpc) is 3.60. The van der Waals surface area contributed by atoms with Crippen LogP contribution in [0.15, 0.2) is 66.2 Å². The number of aromatic nitrogens is 2. The molecule has 1 unspecified atom stereocenters. The number of benzene rings is 2. The fraction of sp³-hybridized carbons (Fsp3) is 0.333. The van der Waals surface area contributed by atoms with Gasteiger partial charge in [-0.25, -0.2) is 9.78 Å². The Hall–Kier alpha value is -3.16. The van der Waals surface area contributed by atoms with Crippen molar-refractivity contribution in [1.82, 2.24) is 19.6 Å². The third-order valence-electron chi connectivity index (χ3n) is 6.29. The normalized spacial score (nSPS) is 15.6. The molecule has 4 aromatic rings. The molecule has 1 atom stereocenters. The number of nitrogens with zero attached hydrogens (tertiary/aromatic N) is 3. The lowest BCUT2D eigenvalue weighted by Gasteiger charge is -2.25. The van der Waals surface area contributed by atoms with Crippen molar-refractivity contribution in [3.8, 4) is 11.3 Å². The number of aryl methyl sites for hydroxylation is 1. The Balaban J connectivity index is 1.28. The van der Waals surface area contributed by atoms with Gasteiger partial charge in [-0.1, -0.05) is 60.2 Å². The van der Waals surface area contributed by atoms with Crippen LogP contribution in [0.1, 0.15) is 29.7 Å². The summed E-state index contributed by atoms with van der Waals surface area (Å²) < 4.78 is 7.99. The first-order chi connectivity index (χ1) is 16.7. The van der Waals surface area contributed by atoms with E-state index in [1.165, 1.54) is 11.3 Å². The van der Waals surface area contributed by atoms with Crippen LogP contribution in [0.2, 0.25) is 0 Å². The van der Waals surface area contributed by atoms with Crippen molar-refractivity contribution in [2.75, 3.05) is 19.7 Å². The van der Waals surface area contributed by atoms with Crippen molar-refractivity contribution >= 4 is 22.3 Å². The molecule has 34 heavy (non-hydrogen) atoms. The molecule has 2 aromatic carbocycles. The van der Waals surface area contributed by atoms with Crippen LogP contribution < -0.4 is 5.32 Å². The van der Waals surface area contributed by atoms with Gasteiger partial charge in [0.15, 0.2) is 4.96 Å². The lowest BCUT2D eigenvalue weighted by Crippen LogP contribution is -2.44. The van der Waals surface area contributed by atoms with E-state index in [-0.39, 0.29) is 12.1 Å². The van der Waals surface area contributed by atoms with Gasteiger partial charge in [-0.2, -0.15) is 0 Å². The van der Waals surface area contributed by atoms with Crippen molar-refractivity contribution in [3.05, 3.63) is 83.0 Å². The number of rotatable bonds is 8. The number of nitrogens with one attached hydrogen (secondary N) is 1. The Labute approximate surface area is 204 Å². The number of carbonyl (C=O) groups excluding carboxylic acids is 1. The summed E-state index contributed by atoms with van der Waals surface area (Å²) in [7, 11) is 0. The predicted octanol–water partition coefficient (Wildman–Crippen LogP) is 5.30. The molecule has 0 spiro atoms. The SMILES string of the molecule is Cc1ccc(-c2cn3c(CCN(CC4CCCO4)C(=O)NCc4ccccc4)csc3n2)cc1. The molecule has 1 aliphatic rings. The lowest BCUT2D eigenvalue weighted by atomic mass is 10.1. The molecular weight excluding hydrogens is 444 g/mol. The molecule has 0 saturated carbocycles. The summed E-state index contributed by atoms with van der Waals surface area (Å²) in [6, 6.07) is 18.4. The molecule has 0 bridgehead atoms. The van der Waals surface area contributed by atoms with Gasteiger partial charge in [0.1, 0.15) is 0 Å². The molecule has 6 nitrogen and oxygen atoms in total. The van der Waals surface area contributed by atoms with E-state index in [2.05, 4.69) is 52.5 Å². The quantitative estimate of drug-likeness (QED) is 0.377. The van der Waals surface area contributed by atoms with Crippen LogP contribution >= 0.6 is 11.3 Å². The monoisotopic (exact) mass is 474 g/mol. The standard InChI is InChI=1S/C27H30N4O2S/c1-20-9-11-22(12-10-20)25-18-31-23(19-34-27(31)29-25)13-14-30(17-24-8-5-15-33-24)26(32)28-16-21-6-3-2-4-7-21/h2-4,6-7,9-12,18-19,24H,5,8,13-17H2,1H3,(H,28,32). The Morgan fingerprint density at radius 2 is 2.03 bits per heavy atom. The van der Waals surface area contributed by atoms with Gasteiger partial charge in [0.05, 0.1) is 11.8 Å². The number of hydrogen-bond acceptors (Lipinski definition) is 4. The Kier molecular flexibility index (Phi) is 6.92. The van der Waals surface area contributed by atoms with Crippen molar-refractivity contribution in [2.45, 2.75) is 38.8 Å². The molecule has 0 aliphatic carbocycles. The molecule has 2 amide bonds.